The van der Waals surface area contributed by atoms with Crippen LogP contribution in [-0.4, -0.2) is 62.9 Å². The van der Waals surface area contributed by atoms with Gasteiger partial charge in [0, 0.05) is 32.8 Å². The lowest BCUT2D eigenvalue weighted by atomic mass is 10.2. The molecule has 5 nitrogen and oxygen atoms in total. The molecule has 0 spiro atoms. The number of unbranched alkanes of at least 4 members (excludes halogenated alkanes) is 1. The van der Waals surface area contributed by atoms with Gasteiger partial charge in [0.2, 0.25) is 0 Å². The maximum Gasteiger partial charge on any atom is 0.323 e. The number of carbonyl (C=O) groups excluding carboxylic acids is 1. The second kappa shape index (κ2) is 9.30. The number of nitrogens with one attached hydrogen (secondary N) is 1. The maximum atomic E-state index is 11.8. The Hall–Kier alpha value is -0.650. The fourth-order valence-corrected chi connectivity index (χ4v) is 1.89. The van der Waals surface area contributed by atoms with Crippen LogP contribution in [0.4, 0.5) is 0 Å². The Morgan fingerprint density at radius 2 is 2.00 bits per heavy atom. The van der Waals surface area contributed by atoms with Gasteiger partial charge in [0.25, 0.3) is 0 Å². The van der Waals surface area contributed by atoms with Gasteiger partial charge < -0.3 is 14.8 Å². The van der Waals surface area contributed by atoms with E-state index in [2.05, 4.69) is 17.1 Å². The summed E-state index contributed by atoms with van der Waals surface area (Å²) >= 11 is 0. The van der Waals surface area contributed by atoms with Crippen molar-refractivity contribution in [1.82, 2.24) is 10.2 Å². The van der Waals surface area contributed by atoms with Crippen molar-refractivity contribution < 1.29 is 14.3 Å². The lowest BCUT2D eigenvalue weighted by molar-refractivity contribution is -0.151. The first-order valence-electron chi connectivity index (χ1n) is 6.95. The van der Waals surface area contributed by atoms with E-state index in [-0.39, 0.29) is 12.0 Å². The van der Waals surface area contributed by atoms with Crippen LogP contribution in [0, 0.1) is 0 Å². The van der Waals surface area contributed by atoms with E-state index in [0.29, 0.717) is 13.2 Å². The van der Waals surface area contributed by atoms with Gasteiger partial charge in [0.15, 0.2) is 0 Å². The first-order chi connectivity index (χ1) is 8.75. The molecule has 0 aromatic carbocycles. The zero-order chi connectivity index (χ0) is 13.2. The summed E-state index contributed by atoms with van der Waals surface area (Å²) in [5.74, 6) is -0.143. The Bertz CT molecular complexity index is 230. The Morgan fingerprint density at radius 1 is 1.28 bits per heavy atom. The molecular formula is C13H26N2O3. The molecule has 0 bridgehead atoms. The van der Waals surface area contributed by atoms with E-state index >= 15 is 0 Å². The van der Waals surface area contributed by atoms with Crippen LogP contribution in [0.2, 0.25) is 0 Å². The number of rotatable bonds is 8. The number of esters is 1. The number of carbonyl (C=O) groups is 1. The molecule has 5 heteroatoms. The SMILES string of the molecule is CCCCOCCOC(=O)C(C)N1CCNCC1. The molecule has 1 aliphatic rings. The molecule has 0 radical (unpaired) electrons. The minimum absolute atomic E-state index is 0.143. The Kier molecular flexibility index (Phi) is 7.96. The van der Waals surface area contributed by atoms with E-state index < -0.39 is 0 Å². The van der Waals surface area contributed by atoms with E-state index in [1.807, 2.05) is 6.92 Å². The predicted octanol–water partition coefficient (Wildman–Crippen LogP) is 0.640. The summed E-state index contributed by atoms with van der Waals surface area (Å²) in [5, 5.41) is 3.27. The molecule has 1 N–H and O–H groups in total. The lowest BCUT2D eigenvalue weighted by Crippen LogP contribution is -2.50. The smallest absolute Gasteiger partial charge is 0.323 e. The summed E-state index contributed by atoms with van der Waals surface area (Å²) in [6, 6.07) is -0.150. The molecule has 1 rings (SSSR count). The zero-order valence-corrected chi connectivity index (χ0v) is 11.6. The maximum absolute atomic E-state index is 11.8. The molecule has 1 unspecified atom stereocenters. The minimum atomic E-state index is -0.150. The summed E-state index contributed by atoms with van der Waals surface area (Å²) in [6.07, 6.45) is 2.19. The third-order valence-corrected chi connectivity index (χ3v) is 3.15. The van der Waals surface area contributed by atoms with E-state index in [0.717, 1.165) is 45.6 Å². The van der Waals surface area contributed by atoms with E-state index in [1.165, 1.54) is 0 Å². The van der Waals surface area contributed by atoms with Crippen molar-refractivity contribution >= 4 is 5.97 Å². The molecule has 18 heavy (non-hydrogen) atoms. The third kappa shape index (κ3) is 5.80. The molecule has 0 aromatic heterocycles. The van der Waals surface area contributed by atoms with Crippen molar-refractivity contribution in [3.8, 4) is 0 Å². The number of nitrogens with zero attached hydrogens (tertiary/aromatic N) is 1. The summed E-state index contributed by atoms with van der Waals surface area (Å²) in [5.41, 5.74) is 0. The molecule has 0 saturated carbocycles. The highest BCUT2D eigenvalue weighted by molar-refractivity contribution is 5.75. The van der Waals surface area contributed by atoms with Crippen molar-refractivity contribution in [3.63, 3.8) is 0 Å². The van der Waals surface area contributed by atoms with Crippen molar-refractivity contribution in [1.29, 1.82) is 0 Å². The standard InChI is InChI=1S/C13H26N2O3/c1-3-4-9-17-10-11-18-13(16)12(2)15-7-5-14-6-8-15/h12,14H,3-11H2,1-2H3. The van der Waals surface area contributed by atoms with Gasteiger partial charge in [-0.1, -0.05) is 13.3 Å². The molecule has 1 heterocycles. The molecular weight excluding hydrogens is 232 g/mol. The largest absolute Gasteiger partial charge is 0.462 e. The molecule has 1 saturated heterocycles. The lowest BCUT2D eigenvalue weighted by Gasteiger charge is -2.31. The topological polar surface area (TPSA) is 50.8 Å². The normalized spacial score (nSPS) is 18.6. The van der Waals surface area contributed by atoms with E-state index in [1.54, 1.807) is 0 Å². The zero-order valence-electron chi connectivity index (χ0n) is 11.6. The van der Waals surface area contributed by atoms with Crippen LogP contribution >= 0.6 is 0 Å². The summed E-state index contributed by atoms with van der Waals surface area (Å²) in [6.45, 7) is 9.34. The van der Waals surface area contributed by atoms with Crippen molar-refractivity contribution in [2.75, 3.05) is 46.0 Å². The second-order valence-electron chi connectivity index (χ2n) is 4.60. The highest BCUT2D eigenvalue weighted by atomic mass is 16.6. The van der Waals surface area contributed by atoms with Crippen LogP contribution in [0.15, 0.2) is 0 Å². The Morgan fingerprint density at radius 3 is 2.67 bits per heavy atom. The van der Waals surface area contributed by atoms with Gasteiger partial charge in [0.05, 0.1) is 6.61 Å². The van der Waals surface area contributed by atoms with E-state index in [9.17, 15) is 4.79 Å². The molecule has 0 aromatic rings. The van der Waals surface area contributed by atoms with Crippen LogP contribution in [0.1, 0.15) is 26.7 Å². The predicted molar refractivity (Wildman–Crippen MR) is 70.6 cm³/mol. The number of hydrogen-bond acceptors (Lipinski definition) is 5. The molecule has 106 valence electrons. The van der Waals surface area contributed by atoms with Gasteiger partial charge in [0.1, 0.15) is 12.6 Å². The van der Waals surface area contributed by atoms with Crippen LogP contribution in [0.25, 0.3) is 0 Å². The quantitative estimate of drug-likeness (QED) is 0.511. The van der Waals surface area contributed by atoms with E-state index in [4.69, 9.17) is 9.47 Å². The van der Waals surface area contributed by atoms with Crippen LogP contribution < -0.4 is 5.32 Å². The molecule has 1 fully saturated rings. The van der Waals surface area contributed by atoms with Crippen molar-refractivity contribution in [2.24, 2.45) is 0 Å². The molecule has 0 aliphatic carbocycles. The molecule has 0 amide bonds. The molecule has 1 aliphatic heterocycles. The Balaban J connectivity index is 2.07. The van der Waals surface area contributed by atoms with Gasteiger partial charge >= 0.3 is 5.97 Å². The number of hydrogen-bond donors (Lipinski definition) is 1. The van der Waals surface area contributed by atoms with Gasteiger partial charge in [-0.2, -0.15) is 0 Å². The van der Waals surface area contributed by atoms with Gasteiger partial charge in [-0.3, -0.25) is 9.69 Å². The van der Waals surface area contributed by atoms with Crippen LogP contribution in [0.3, 0.4) is 0 Å². The summed E-state index contributed by atoms with van der Waals surface area (Å²) in [7, 11) is 0. The monoisotopic (exact) mass is 258 g/mol. The first-order valence-corrected chi connectivity index (χ1v) is 6.95. The average Bonchev–Trinajstić information content (AvgIpc) is 2.42. The Labute approximate surface area is 110 Å². The highest BCUT2D eigenvalue weighted by Gasteiger charge is 2.23. The average molecular weight is 258 g/mol. The van der Waals surface area contributed by atoms with Gasteiger partial charge in [-0.05, 0) is 13.3 Å². The van der Waals surface area contributed by atoms with Crippen molar-refractivity contribution in [3.05, 3.63) is 0 Å². The fourth-order valence-electron chi connectivity index (χ4n) is 1.89. The highest BCUT2D eigenvalue weighted by Crippen LogP contribution is 2.03. The third-order valence-electron chi connectivity index (χ3n) is 3.15. The van der Waals surface area contributed by atoms with Gasteiger partial charge in [-0.25, -0.2) is 0 Å². The second-order valence-corrected chi connectivity index (χ2v) is 4.60. The summed E-state index contributed by atoms with van der Waals surface area (Å²) in [4.78, 5) is 13.9. The van der Waals surface area contributed by atoms with Crippen LogP contribution in [0.5, 0.6) is 0 Å². The fraction of sp³-hybridized carbons (Fsp3) is 0.923. The van der Waals surface area contributed by atoms with Crippen LogP contribution in [-0.2, 0) is 14.3 Å². The summed E-state index contributed by atoms with van der Waals surface area (Å²) < 4.78 is 10.6. The van der Waals surface area contributed by atoms with Gasteiger partial charge in [-0.15, -0.1) is 0 Å². The van der Waals surface area contributed by atoms with Crippen molar-refractivity contribution in [2.45, 2.75) is 32.7 Å². The first kappa shape index (κ1) is 15.4. The number of piperazine rings is 1. The minimum Gasteiger partial charge on any atom is -0.462 e. The molecule has 1 atom stereocenters. The number of ether oxygens (including phenoxy) is 2.